The second-order valence-electron chi connectivity index (χ2n) is 4.92. The van der Waals surface area contributed by atoms with Crippen molar-refractivity contribution in [1.82, 2.24) is 4.72 Å². The minimum atomic E-state index is -3.81. The lowest BCUT2D eigenvalue weighted by Gasteiger charge is -2.12. The average Bonchev–Trinajstić information content (AvgIpc) is 2.53. The fraction of sp³-hybridized carbons (Fsp3) is 0.200. The monoisotopic (exact) mass is 336 g/mol. The molecule has 23 heavy (non-hydrogen) atoms. The molecule has 0 aromatic heterocycles. The Bertz CT molecular complexity index is 777. The third-order valence-electron chi connectivity index (χ3n) is 3.21. The highest BCUT2D eigenvalue weighted by Gasteiger charge is 2.20. The molecule has 2 N–H and O–H groups in total. The third kappa shape index (κ3) is 4.85. The first kappa shape index (κ1) is 17.1. The van der Waals surface area contributed by atoms with E-state index >= 15 is 0 Å². The number of aliphatic hydroxyl groups excluding tert-OH is 1. The second kappa shape index (κ2) is 7.32. The Kier molecular flexibility index (Phi) is 5.43. The highest BCUT2D eigenvalue weighted by atomic mass is 32.2. The number of nitrogens with one attached hydrogen (secondary N) is 1. The zero-order chi connectivity index (χ0) is 16.9. The van der Waals surface area contributed by atoms with Crippen LogP contribution in [0.1, 0.15) is 17.2 Å². The molecule has 0 radical (unpaired) electrons. The summed E-state index contributed by atoms with van der Waals surface area (Å²) in [4.78, 5) is 10.3. The van der Waals surface area contributed by atoms with Crippen molar-refractivity contribution in [3.63, 3.8) is 0 Å². The number of rotatable bonds is 7. The van der Waals surface area contributed by atoms with Crippen LogP contribution in [0.2, 0.25) is 0 Å². The molecular formula is C15H16N2O5S. The number of hydrogen-bond acceptors (Lipinski definition) is 5. The van der Waals surface area contributed by atoms with E-state index in [1.54, 1.807) is 30.3 Å². The molecule has 2 aromatic carbocycles. The maximum atomic E-state index is 12.1. The number of nitro groups is 1. The lowest BCUT2D eigenvalue weighted by molar-refractivity contribution is -0.385. The number of benzene rings is 2. The normalized spacial score (nSPS) is 12.7. The maximum absolute atomic E-state index is 12.1. The van der Waals surface area contributed by atoms with Gasteiger partial charge in [-0.1, -0.05) is 48.5 Å². The van der Waals surface area contributed by atoms with Crippen molar-refractivity contribution in [2.24, 2.45) is 0 Å². The Morgan fingerprint density at radius 2 is 1.70 bits per heavy atom. The van der Waals surface area contributed by atoms with Crippen molar-refractivity contribution < 1.29 is 18.4 Å². The molecular weight excluding hydrogens is 320 g/mol. The number of hydrogen-bond donors (Lipinski definition) is 2. The Hall–Kier alpha value is -2.29. The number of aliphatic hydroxyl groups is 1. The van der Waals surface area contributed by atoms with Gasteiger partial charge in [0.15, 0.2) is 0 Å². The fourth-order valence-electron chi connectivity index (χ4n) is 2.07. The van der Waals surface area contributed by atoms with Crippen molar-refractivity contribution >= 4 is 15.7 Å². The third-order valence-corrected chi connectivity index (χ3v) is 4.51. The molecule has 2 rings (SSSR count). The van der Waals surface area contributed by atoms with Gasteiger partial charge >= 0.3 is 0 Å². The van der Waals surface area contributed by atoms with Crippen LogP contribution >= 0.6 is 0 Å². The molecule has 0 bridgehead atoms. The summed E-state index contributed by atoms with van der Waals surface area (Å²) in [5, 5.41) is 20.9. The number of nitrogens with zero attached hydrogens (tertiary/aromatic N) is 1. The summed E-state index contributed by atoms with van der Waals surface area (Å²) in [7, 11) is -3.81. The molecule has 0 heterocycles. The smallest absolute Gasteiger partial charge is 0.273 e. The minimum absolute atomic E-state index is 0.0965. The number of para-hydroxylation sites is 1. The van der Waals surface area contributed by atoms with E-state index in [2.05, 4.69) is 4.72 Å². The lowest BCUT2D eigenvalue weighted by Crippen LogP contribution is -2.29. The predicted molar refractivity (Wildman–Crippen MR) is 85.1 cm³/mol. The second-order valence-corrected chi connectivity index (χ2v) is 6.73. The van der Waals surface area contributed by atoms with E-state index in [1.165, 1.54) is 24.3 Å². The summed E-state index contributed by atoms with van der Waals surface area (Å²) in [6, 6.07) is 14.3. The van der Waals surface area contributed by atoms with Gasteiger partial charge < -0.3 is 5.11 Å². The van der Waals surface area contributed by atoms with E-state index in [4.69, 9.17) is 0 Å². The fourth-order valence-corrected chi connectivity index (χ4v) is 3.23. The van der Waals surface area contributed by atoms with Crippen molar-refractivity contribution in [1.29, 1.82) is 0 Å². The number of nitro benzene ring substituents is 1. The van der Waals surface area contributed by atoms with Gasteiger partial charge in [-0.25, -0.2) is 13.1 Å². The largest absolute Gasteiger partial charge is 0.387 e. The van der Waals surface area contributed by atoms with Gasteiger partial charge in [0.25, 0.3) is 5.69 Å². The summed E-state index contributed by atoms with van der Waals surface area (Å²) < 4.78 is 26.4. The standard InChI is InChI=1S/C15H16N2O5S/c18-15(12-6-2-1-3-7-12)10-16-23(21,22)11-13-8-4-5-9-14(13)17(19)20/h1-9,15-16,18H,10-11H2. The van der Waals surface area contributed by atoms with E-state index in [9.17, 15) is 23.6 Å². The van der Waals surface area contributed by atoms with Gasteiger partial charge in [0.05, 0.1) is 16.8 Å². The molecule has 8 heteroatoms. The van der Waals surface area contributed by atoms with Crippen LogP contribution in [-0.2, 0) is 15.8 Å². The van der Waals surface area contributed by atoms with Gasteiger partial charge in [-0.15, -0.1) is 0 Å². The summed E-state index contributed by atoms with van der Waals surface area (Å²) in [5.74, 6) is -0.522. The molecule has 0 aliphatic rings. The molecule has 1 unspecified atom stereocenters. The zero-order valence-electron chi connectivity index (χ0n) is 12.1. The Morgan fingerprint density at radius 3 is 2.35 bits per heavy atom. The Morgan fingerprint density at radius 1 is 1.09 bits per heavy atom. The van der Waals surface area contributed by atoms with Gasteiger partial charge in [0.1, 0.15) is 0 Å². The highest BCUT2D eigenvalue weighted by molar-refractivity contribution is 7.88. The van der Waals surface area contributed by atoms with E-state index < -0.39 is 26.8 Å². The minimum Gasteiger partial charge on any atom is -0.387 e. The summed E-state index contributed by atoms with van der Waals surface area (Å²) >= 11 is 0. The van der Waals surface area contributed by atoms with Crippen molar-refractivity contribution in [2.75, 3.05) is 6.54 Å². The lowest BCUT2D eigenvalue weighted by atomic mass is 10.1. The van der Waals surface area contributed by atoms with Crippen LogP contribution in [0, 0.1) is 10.1 Å². The summed E-state index contributed by atoms with van der Waals surface area (Å²) in [5.41, 5.74) is 0.432. The molecule has 7 nitrogen and oxygen atoms in total. The summed E-state index contributed by atoms with van der Waals surface area (Å²) in [6.45, 7) is -0.201. The van der Waals surface area contributed by atoms with Gasteiger partial charge in [0.2, 0.25) is 10.0 Å². The van der Waals surface area contributed by atoms with Gasteiger partial charge in [-0.3, -0.25) is 10.1 Å². The molecule has 0 aliphatic heterocycles. The Balaban J connectivity index is 2.04. The van der Waals surface area contributed by atoms with Crippen LogP contribution in [0.25, 0.3) is 0 Å². The SMILES string of the molecule is O=[N+]([O-])c1ccccc1CS(=O)(=O)NCC(O)c1ccccc1. The molecule has 0 fully saturated rings. The van der Waals surface area contributed by atoms with Crippen LogP contribution in [0.5, 0.6) is 0 Å². The van der Waals surface area contributed by atoms with E-state index in [0.717, 1.165) is 0 Å². The van der Waals surface area contributed by atoms with Crippen molar-refractivity contribution in [2.45, 2.75) is 11.9 Å². The molecule has 0 saturated heterocycles. The zero-order valence-corrected chi connectivity index (χ0v) is 12.9. The van der Waals surface area contributed by atoms with Crippen LogP contribution in [0.15, 0.2) is 54.6 Å². The molecule has 0 spiro atoms. The first-order valence-corrected chi connectivity index (χ1v) is 8.47. The van der Waals surface area contributed by atoms with Crippen molar-refractivity contribution in [3.8, 4) is 0 Å². The molecule has 2 aromatic rings. The predicted octanol–water partition coefficient (Wildman–Crippen LogP) is 1.75. The maximum Gasteiger partial charge on any atom is 0.273 e. The Labute approximate surface area is 133 Å². The van der Waals surface area contributed by atoms with E-state index in [0.29, 0.717) is 5.56 Å². The van der Waals surface area contributed by atoms with Gasteiger partial charge in [0, 0.05) is 18.2 Å². The summed E-state index contributed by atoms with van der Waals surface area (Å²) in [6.07, 6.45) is -0.989. The van der Waals surface area contributed by atoms with Crippen LogP contribution < -0.4 is 4.72 Å². The van der Waals surface area contributed by atoms with Crippen LogP contribution in [0.3, 0.4) is 0 Å². The van der Waals surface area contributed by atoms with Crippen LogP contribution in [-0.4, -0.2) is 25.0 Å². The average molecular weight is 336 g/mol. The topological polar surface area (TPSA) is 110 Å². The highest BCUT2D eigenvalue weighted by Crippen LogP contribution is 2.20. The molecule has 122 valence electrons. The quantitative estimate of drug-likeness (QED) is 0.591. The first-order valence-electron chi connectivity index (χ1n) is 6.82. The molecule has 1 atom stereocenters. The molecule has 0 amide bonds. The molecule has 0 aliphatic carbocycles. The van der Waals surface area contributed by atoms with E-state index in [1.807, 2.05) is 0 Å². The molecule has 0 saturated carbocycles. The van der Waals surface area contributed by atoms with Gasteiger partial charge in [-0.05, 0) is 5.56 Å². The van der Waals surface area contributed by atoms with Crippen LogP contribution in [0.4, 0.5) is 5.69 Å². The van der Waals surface area contributed by atoms with Gasteiger partial charge in [-0.2, -0.15) is 0 Å². The first-order chi connectivity index (χ1) is 10.9. The number of sulfonamides is 1. The van der Waals surface area contributed by atoms with E-state index in [-0.39, 0.29) is 17.8 Å². The van der Waals surface area contributed by atoms with Crippen molar-refractivity contribution in [3.05, 3.63) is 75.8 Å².